The first kappa shape index (κ1) is 27.0. The van der Waals surface area contributed by atoms with Gasteiger partial charge in [0.05, 0.1) is 0 Å². The molecular weight excluding hydrogens is 332 g/mol. The molecule has 0 aromatic rings. The molecule has 1 fully saturated rings. The van der Waals surface area contributed by atoms with Crippen LogP contribution < -0.4 is 21.3 Å². The topological polar surface area (TPSA) is 99.3 Å². The minimum atomic E-state index is 0. The molecule has 0 aliphatic carbocycles. The van der Waals surface area contributed by atoms with Gasteiger partial charge in [0.15, 0.2) is 0 Å². The average molecular weight is 352 g/mol. The molecule has 0 bridgehead atoms. The number of rotatable bonds is 0. The van der Waals surface area contributed by atoms with Crippen molar-refractivity contribution < 1.29 is 35.4 Å². The SMILES string of the molecule is C1CNCCNCCNCCN1.[C]=O.[C]=O.[C]=O.[Mo]. The van der Waals surface area contributed by atoms with E-state index in [4.69, 9.17) is 14.4 Å². The molecule has 108 valence electrons. The quantitative estimate of drug-likeness (QED) is 0.349. The van der Waals surface area contributed by atoms with Crippen molar-refractivity contribution in [3.05, 3.63) is 0 Å². The molecular formula is C11H20MoN4O3. The second-order valence-corrected chi connectivity index (χ2v) is 3.00. The van der Waals surface area contributed by atoms with Gasteiger partial charge in [-0.3, -0.25) is 14.4 Å². The van der Waals surface area contributed by atoms with E-state index in [1.807, 2.05) is 0 Å². The first-order chi connectivity index (χ1) is 9.00. The fourth-order valence-corrected chi connectivity index (χ4v) is 1.21. The third kappa shape index (κ3) is 31.8. The Morgan fingerprint density at radius 3 is 0.632 bits per heavy atom. The Labute approximate surface area is 129 Å². The van der Waals surface area contributed by atoms with Crippen LogP contribution in [0.3, 0.4) is 0 Å². The third-order valence-electron chi connectivity index (χ3n) is 1.91. The average Bonchev–Trinajstić information content (AvgIpc) is 2.46. The van der Waals surface area contributed by atoms with Crippen LogP contribution in [0.25, 0.3) is 0 Å². The van der Waals surface area contributed by atoms with Crippen molar-refractivity contribution in [3.8, 4) is 0 Å². The first-order valence-electron chi connectivity index (χ1n) is 5.44. The number of hydrogen-bond donors (Lipinski definition) is 4. The van der Waals surface area contributed by atoms with E-state index in [0.717, 1.165) is 52.4 Å². The Morgan fingerprint density at radius 2 is 0.526 bits per heavy atom. The largest absolute Gasteiger partial charge is 0.314 e. The molecule has 0 unspecified atom stereocenters. The number of nitrogens with one attached hydrogen (secondary N) is 4. The van der Waals surface area contributed by atoms with Gasteiger partial charge in [-0.15, -0.1) is 0 Å². The fourth-order valence-electron chi connectivity index (χ4n) is 1.21. The minimum absolute atomic E-state index is 0. The minimum Gasteiger partial charge on any atom is -0.314 e. The first-order valence-corrected chi connectivity index (χ1v) is 5.44. The van der Waals surface area contributed by atoms with Crippen molar-refractivity contribution >= 4 is 20.4 Å². The molecule has 0 spiro atoms. The summed E-state index contributed by atoms with van der Waals surface area (Å²) in [5, 5.41) is 13.4. The van der Waals surface area contributed by atoms with E-state index >= 15 is 0 Å². The molecule has 4 N–H and O–H groups in total. The third-order valence-corrected chi connectivity index (χ3v) is 1.91. The summed E-state index contributed by atoms with van der Waals surface area (Å²) in [6.45, 7) is 22.1. The van der Waals surface area contributed by atoms with E-state index in [1.165, 1.54) is 0 Å². The van der Waals surface area contributed by atoms with Gasteiger partial charge < -0.3 is 21.3 Å². The van der Waals surface area contributed by atoms with Gasteiger partial charge in [-0.1, -0.05) is 0 Å². The molecule has 0 aromatic heterocycles. The molecule has 0 atom stereocenters. The molecule has 8 heteroatoms. The zero-order valence-electron chi connectivity index (χ0n) is 10.8. The summed E-state index contributed by atoms with van der Waals surface area (Å²) in [4.78, 5) is 22.5. The van der Waals surface area contributed by atoms with Gasteiger partial charge in [-0.05, 0) is 0 Å². The van der Waals surface area contributed by atoms with Crippen LogP contribution in [0.5, 0.6) is 0 Å². The fraction of sp³-hybridized carbons (Fsp3) is 0.727. The Morgan fingerprint density at radius 1 is 0.421 bits per heavy atom. The van der Waals surface area contributed by atoms with E-state index in [1.54, 1.807) is 0 Å². The zero-order valence-corrected chi connectivity index (χ0v) is 12.8. The van der Waals surface area contributed by atoms with Crippen molar-refractivity contribution in [1.29, 1.82) is 0 Å². The second-order valence-electron chi connectivity index (χ2n) is 3.00. The molecule has 1 rings (SSSR count). The van der Waals surface area contributed by atoms with Crippen molar-refractivity contribution in [2.24, 2.45) is 0 Å². The molecule has 0 aromatic carbocycles. The summed E-state index contributed by atoms with van der Waals surface area (Å²) in [6, 6.07) is 0. The van der Waals surface area contributed by atoms with E-state index in [0.29, 0.717) is 0 Å². The van der Waals surface area contributed by atoms with Crippen molar-refractivity contribution in [1.82, 2.24) is 21.3 Å². The predicted molar refractivity (Wildman–Crippen MR) is 68.6 cm³/mol. The Kier molecular flexibility index (Phi) is 51.2. The van der Waals surface area contributed by atoms with Gasteiger partial charge in [0.1, 0.15) is 0 Å². The van der Waals surface area contributed by atoms with Crippen molar-refractivity contribution in [2.75, 3.05) is 52.4 Å². The zero-order chi connectivity index (χ0) is 14.5. The number of hydrogen-bond acceptors (Lipinski definition) is 7. The molecule has 0 amide bonds. The molecule has 0 saturated carbocycles. The Hall–Kier alpha value is -0.462. The van der Waals surface area contributed by atoms with Crippen LogP contribution in [0.4, 0.5) is 0 Å². The normalized spacial score (nSPS) is 15.8. The summed E-state index contributed by atoms with van der Waals surface area (Å²) in [7, 11) is 0. The van der Waals surface area contributed by atoms with Gasteiger partial charge in [0, 0.05) is 73.4 Å². The van der Waals surface area contributed by atoms with Gasteiger partial charge in [0.2, 0.25) is 0 Å². The predicted octanol–water partition coefficient (Wildman–Crippen LogP) is -2.84. The monoisotopic (exact) mass is 354 g/mol. The Balaban J connectivity index is -0.000000142. The van der Waals surface area contributed by atoms with Crippen molar-refractivity contribution in [2.45, 2.75) is 0 Å². The molecule has 1 saturated heterocycles. The summed E-state index contributed by atoms with van der Waals surface area (Å²) in [5.74, 6) is 0. The maximum atomic E-state index is 7.50. The summed E-state index contributed by atoms with van der Waals surface area (Å²) >= 11 is 0. The summed E-state index contributed by atoms with van der Waals surface area (Å²) in [5.41, 5.74) is 0. The van der Waals surface area contributed by atoms with Crippen LogP contribution >= 0.6 is 0 Å². The van der Waals surface area contributed by atoms with Crippen LogP contribution in [0.1, 0.15) is 0 Å². The van der Waals surface area contributed by atoms with Crippen LogP contribution in [0.15, 0.2) is 0 Å². The van der Waals surface area contributed by atoms with E-state index in [2.05, 4.69) is 41.6 Å². The molecule has 1 heterocycles. The smallest absolute Gasteiger partial charge is 0.281 e. The molecule has 19 heavy (non-hydrogen) atoms. The molecule has 6 radical (unpaired) electrons. The van der Waals surface area contributed by atoms with E-state index in [-0.39, 0.29) is 21.1 Å². The molecule has 1 aliphatic heterocycles. The van der Waals surface area contributed by atoms with Gasteiger partial charge in [-0.25, -0.2) is 0 Å². The maximum Gasteiger partial charge on any atom is 0.281 e. The summed E-state index contributed by atoms with van der Waals surface area (Å²) < 4.78 is 0. The Bertz CT molecular complexity index is 99.3. The van der Waals surface area contributed by atoms with Gasteiger partial charge in [0.25, 0.3) is 20.4 Å². The summed E-state index contributed by atoms with van der Waals surface area (Å²) in [6.07, 6.45) is 0. The van der Waals surface area contributed by atoms with Gasteiger partial charge in [-0.2, -0.15) is 0 Å². The van der Waals surface area contributed by atoms with Gasteiger partial charge >= 0.3 is 0 Å². The van der Waals surface area contributed by atoms with E-state index < -0.39 is 0 Å². The van der Waals surface area contributed by atoms with Crippen molar-refractivity contribution in [3.63, 3.8) is 0 Å². The van der Waals surface area contributed by atoms with Crippen LogP contribution in [0, 0.1) is 0 Å². The molecule has 7 nitrogen and oxygen atoms in total. The number of carbonyl (C=O) groups excluding carboxylic acids is 3. The maximum absolute atomic E-state index is 7.50. The second kappa shape index (κ2) is 36.0. The molecule has 1 aliphatic rings. The van der Waals surface area contributed by atoms with Crippen LogP contribution in [-0.2, 0) is 35.4 Å². The standard InChI is InChI=1S/C8H20N4.3CO.Mo/c1-2-10-5-6-12-8-7-11-4-3-9-1;3*1-2;/h9-12H,1-8H2;;;;. The van der Waals surface area contributed by atoms with Crippen LogP contribution in [0.2, 0.25) is 0 Å². The van der Waals surface area contributed by atoms with Crippen LogP contribution in [-0.4, -0.2) is 72.7 Å². The van der Waals surface area contributed by atoms with E-state index in [9.17, 15) is 0 Å².